The van der Waals surface area contributed by atoms with Gasteiger partial charge in [0, 0.05) is 23.7 Å². The molecule has 0 bridgehead atoms. The van der Waals surface area contributed by atoms with Gasteiger partial charge in [0.2, 0.25) is 0 Å². The number of hydrogen-bond acceptors (Lipinski definition) is 4. The lowest BCUT2D eigenvalue weighted by Crippen LogP contribution is -2.36. The maximum atomic E-state index is 9.13. The molecule has 0 aliphatic heterocycles. The van der Waals surface area contributed by atoms with Gasteiger partial charge in [0.25, 0.3) is 0 Å². The number of ether oxygens (including phenoxy) is 2. The maximum Gasteiger partial charge on any atom is 0.123 e. The fourth-order valence-corrected chi connectivity index (χ4v) is 1.93. The third-order valence-electron chi connectivity index (χ3n) is 2.41. The molecule has 1 rings (SSSR count). The molecule has 0 saturated heterocycles. The van der Waals surface area contributed by atoms with Crippen LogP contribution in [-0.4, -0.2) is 38.6 Å². The Balaban J connectivity index is 2.63. The van der Waals surface area contributed by atoms with E-state index in [0.29, 0.717) is 13.2 Å². The van der Waals surface area contributed by atoms with Gasteiger partial charge in [-0.25, -0.2) is 0 Å². The molecule has 4 nitrogen and oxygen atoms in total. The van der Waals surface area contributed by atoms with Crippen molar-refractivity contribution >= 4 is 15.9 Å². The van der Waals surface area contributed by atoms with Crippen LogP contribution in [0, 0.1) is 0 Å². The van der Waals surface area contributed by atoms with Crippen LogP contribution in [0.3, 0.4) is 0 Å². The van der Waals surface area contributed by atoms with Crippen molar-refractivity contribution < 1.29 is 14.6 Å². The maximum absolute atomic E-state index is 9.13. The number of methoxy groups -OCH3 is 2. The van der Waals surface area contributed by atoms with E-state index in [-0.39, 0.29) is 12.6 Å². The summed E-state index contributed by atoms with van der Waals surface area (Å²) < 4.78 is 11.3. The summed E-state index contributed by atoms with van der Waals surface area (Å²) in [5, 5.41) is 12.3. The zero-order valence-electron chi connectivity index (χ0n) is 10.1. The van der Waals surface area contributed by atoms with Crippen LogP contribution in [0.25, 0.3) is 0 Å². The number of aliphatic hydroxyl groups is 1. The molecule has 5 heteroatoms. The molecule has 0 fully saturated rings. The number of hydrogen-bond donors (Lipinski definition) is 2. The van der Waals surface area contributed by atoms with Gasteiger partial charge in [0.05, 0.1) is 26.4 Å². The van der Waals surface area contributed by atoms with Crippen molar-refractivity contribution in [3.63, 3.8) is 0 Å². The van der Waals surface area contributed by atoms with Gasteiger partial charge in [0.1, 0.15) is 5.75 Å². The van der Waals surface area contributed by atoms with Crippen molar-refractivity contribution in [1.29, 1.82) is 0 Å². The van der Waals surface area contributed by atoms with Gasteiger partial charge in [-0.2, -0.15) is 0 Å². The van der Waals surface area contributed by atoms with Crippen LogP contribution in [0.2, 0.25) is 0 Å². The largest absolute Gasteiger partial charge is 0.496 e. The molecule has 0 saturated carbocycles. The van der Waals surface area contributed by atoms with Crippen molar-refractivity contribution in [2.45, 2.75) is 12.6 Å². The number of benzene rings is 1. The zero-order valence-corrected chi connectivity index (χ0v) is 11.7. The normalized spacial score (nSPS) is 12.5. The topological polar surface area (TPSA) is 50.7 Å². The van der Waals surface area contributed by atoms with E-state index in [0.717, 1.165) is 15.8 Å². The first kappa shape index (κ1) is 14.4. The monoisotopic (exact) mass is 303 g/mol. The molecule has 0 aliphatic carbocycles. The summed E-state index contributed by atoms with van der Waals surface area (Å²) in [6, 6.07) is 5.77. The summed E-state index contributed by atoms with van der Waals surface area (Å²) in [7, 11) is 3.26. The van der Waals surface area contributed by atoms with Crippen LogP contribution in [0.1, 0.15) is 5.56 Å². The molecule has 1 aromatic rings. The van der Waals surface area contributed by atoms with E-state index in [1.54, 1.807) is 14.2 Å². The molecule has 1 unspecified atom stereocenters. The molecule has 0 heterocycles. The van der Waals surface area contributed by atoms with Crippen molar-refractivity contribution in [2.75, 3.05) is 27.4 Å². The summed E-state index contributed by atoms with van der Waals surface area (Å²) in [6.45, 7) is 1.15. The van der Waals surface area contributed by atoms with Gasteiger partial charge < -0.3 is 19.9 Å². The van der Waals surface area contributed by atoms with Gasteiger partial charge in [-0.05, 0) is 18.2 Å². The average molecular weight is 304 g/mol. The summed E-state index contributed by atoms with van der Waals surface area (Å²) in [5.74, 6) is 0.829. The molecule has 1 atom stereocenters. The van der Waals surface area contributed by atoms with E-state index in [2.05, 4.69) is 21.2 Å². The van der Waals surface area contributed by atoms with Gasteiger partial charge in [0.15, 0.2) is 0 Å². The average Bonchev–Trinajstić information content (AvgIpc) is 2.34. The van der Waals surface area contributed by atoms with E-state index in [1.807, 2.05) is 18.2 Å². The van der Waals surface area contributed by atoms with E-state index < -0.39 is 0 Å². The molecule has 2 N–H and O–H groups in total. The van der Waals surface area contributed by atoms with Crippen LogP contribution in [0.4, 0.5) is 0 Å². The van der Waals surface area contributed by atoms with Gasteiger partial charge >= 0.3 is 0 Å². The van der Waals surface area contributed by atoms with E-state index in [9.17, 15) is 0 Å². The Morgan fingerprint density at radius 1 is 1.41 bits per heavy atom. The van der Waals surface area contributed by atoms with Crippen LogP contribution < -0.4 is 10.1 Å². The molecule has 1 aromatic carbocycles. The molecule has 17 heavy (non-hydrogen) atoms. The SMILES string of the molecule is COCC(CO)NCc1cc(Br)ccc1OC. The summed E-state index contributed by atoms with van der Waals surface area (Å²) >= 11 is 3.42. The molecule has 0 amide bonds. The van der Waals surface area contributed by atoms with Crippen LogP contribution >= 0.6 is 15.9 Å². The first-order valence-corrected chi connectivity index (χ1v) is 6.16. The van der Waals surface area contributed by atoms with Crippen LogP contribution in [0.15, 0.2) is 22.7 Å². The van der Waals surface area contributed by atoms with Gasteiger partial charge in [-0.3, -0.25) is 0 Å². The fourth-order valence-electron chi connectivity index (χ4n) is 1.52. The lowest BCUT2D eigenvalue weighted by Gasteiger charge is -2.16. The third kappa shape index (κ3) is 4.63. The van der Waals surface area contributed by atoms with Gasteiger partial charge in [-0.1, -0.05) is 15.9 Å². The fraction of sp³-hybridized carbons (Fsp3) is 0.500. The minimum absolute atomic E-state index is 0.0458. The van der Waals surface area contributed by atoms with E-state index in [4.69, 9.17) is 14.6 Å². The number of aliphatic hydroxyl groups excluding tert-OH is 1. The quantitative estimate of drug-likeness (QED) is 0.802. The van der Waals surface area contributed by atoms with Crippen molar-refractivity contribution in [3.05, 3.63) is 28.2 Å². The minimum atomic E-state index is -0.0660. The number of halogens is 1. The first-order chi connectivity index (χ1) is 8.21. The van der Waals surface area contributed by atoms with Crippen molar-refractivity contribution in [1.82, 2.24) is 5.32 Å². The van der Waals surface area contributed by atoms with E-state index in [1.165, 1.54) is 0 Å². The third-order valence-corrected chi connectivity index (χ3v) is 2.91. The second kappa shape index (κ2) is 7.66. The molecule has 0 aliphatic rings. The Morgan fingerprint density at radius 3 is 2.76 bits per heavy atom. The lowest BCUT2D eigenvalue weighted by atomic mass is 10.2. The van der Waals surface area contributed by atoms with Crippen LogP contribution in [0.5, 0.6) is 5.75 Å². The Hall–Kier alpha value is -0.620. The second-order valence-electron chi connectivity index (χ2n) is 3.67. The Bertz CT molecular complexity index is 347. The van der Waals surface area contributed by atoms with Crippen LogP contribution in [-0.2, 0) is 11.3 Å². The van der Waals surface area contributed by atoms with E-state index >= 15 is 0 Å². The molecule has 0 radical (unpaired) electrons. The molecular weight excluding hydrogens is 286 g/mol. The standard InChI is InChI=1S/C12H18BrNO3/c1-16-8-11(7-15)14-6-9-5-10(13)3-4-12(9)17-2/h3-5,11,14-15H,6-8H2,1-2H3. The highest BCUT2D eigenvalue weighted by molar-refractivity contribution is 9.10. The summed E-state index contributed by atoms with van der Waals surface area (Å²) in [4.78, 5) is 0. The molecule has 96 valence electrons. The Morgan fingerprint density at radius 2 is 2.18 bits per heavy atom. The Kier molecular flexibility index (Phi) is 6.50. The number of nitrogens with one attached hydrogen (secondary N) is 1. The molecule has 0 aromatic heterocycles. The minimum Gasteiger partial charge on any atom is -0.496 e. The Labute approximate surface area is 110 Å². The highest BCUT2D eigenvalue weighted by Crippen LogP contribution is 2.22. The van der Waals surface area contributed by atoms with Crippen molar-refractivity contribution in [2.24, 2.45) is 0 Å². The molecular formula is C12H18BrNO3. The lowest BCUT2D eigenvalue weighted by molar-refractivity contribution is 0.128. The number of rotatable bonds is 7. The predicted octanol–water partition coefficient (Wildman–Crippen LogP) is 1.55. The highest BCUT2D eigenvalue weighted by atomic mass is 79.9. The summed E-state index contributed by atoms with van der Waals surface area (Å²) in [5.41, 5.74) is 1.04. The molecule has 0 spiro atoms. The van der Waals surface area contributed by atoms with Crippen molar-refractivity contribution in [3.8, 4) is 5.75 Å². The first-order valence-electron chi connectivity index (χ1n) is 5.36. The summed E-state index contributed by atoms with van der Waals surface area (Å²) in [6.07, 6.45) is 0. The van der Waals surface area contributed by atoms with Gasteiger partial charge in [-0.15, -0.1) is 0 Å². The predicted molar refractivity (Wildman–Crippen MR) is 70.3 cm³/mol. The smallest absolute Gasteiger partial charge is 0.123 e. The zero-order chi connectivity index (χ0) is 12.7. The highest BCUT2D eigenvalue weighted by Gasteiger charge is 2.08. The second-order valence-corrected chi connectivity index (χ2v) is 4.59.